The van der Waals surface area contributed by atoms with E-state index in [1.807, 2.05) is 0 Å². The molecule has 0 fully saturated rings. The van der Waals surface area contributed by atoms with Gasteiger partial charge in [0.15, 0.2) is 5.82 Å². The van der Waals surface area contributed by atoms with Crippen LogP contribution in [-0.4, -0.2) is 25.8 Å². The van der Waals surface area contributed by atoms with E-state index in [9.17, 15) is 9.90 Å². The Morgan fingerprint density at radius 3 is 3.00 bits per heavy atom. The van der Waals surface area contributed by atoms with Gasteiger partial charge in [-0.1, -0.05) is 11.6 Å². The van der Waals surface area contributed by atoms with Gasteiger partial charge in [-0.2, -0.15) is 0 Å². The zero-order valence-electron chi connectivity index (χ0n) is 9.59. The number of hydrogen-bond acceptors (Lipinski definition) is 4. The molecule has 1 heterocycles. The van der Waals surface area contributed by atoms with E-state index >= 15 is 0 Å². The van der Waals surface area contributed by atoms with Crippen molar-refractivity contribution in [2.24, 2.45) is 7.05 Å². The number of phenols is 1. The number of aryl methyl sites for hydroxylation is 1. The number of rotatable bonds is 3. The summed E-state index contributed by atoms with van der Waals surface area (Å²) in [7, 11) is 1.78. The molecule has 1 amide bonds. The normalized spacial score (nSPS) is 10.3. The second-order valence-electron chi connectivity index (χ2n) is 3.70. The molecular weight excluding hydrogens is 256 g/mol. The van der Waals surface area contributed by atoms with Gasteiger partial charge in [0, 0.05) is 12.1 Å². The van der Waals surface area contributed by atoms with Crippen LogP contribution in [0.15, 0.2) is 24.5 Å². The summed E-state index contributed by atoms with van der Waals surface area (Å²) in [5.74, 6) is 0.0812. The second kappa shape index (κ2) is 5.05. The minimum atomic E-state index is -0.419. The molecule has 94 valence electrons. The molecular formula is C11H11ClN4O2. The van der Waals surface area contributed by atoms with Crippen LogP contribution in [0.5, 0.6) is 5.75 Å². The molecule has 0 saturated heterocycles. The Morgan fingerprint density at radius 2 is 2.33 bits per heavy atom. The zero-order chi connectivity index (χ0) is 13.1. The number of carbonyl (C=O) groups excluding carboxylic acids is 1. The van der Waals surface area contributed by atoms with Gasteiger partial charge in [0.25, 0.3) is 5.91 Å². The molecule has 0 bridgehead atoms. The smallest absolute Gasteiger partial charge is 0.255 e. The van der Waals surface area contributed by atoms with Gasteiger partial charge in [0.2, 0.25) is 0 Å². The highest BCUT2D eigenvalue weighted by molar-refractivity contribution is 6.31. The van der Waals surface area contributed by atoms with E-state index in [1.54, 1.807) is 17.9 Å². The van der Waals surface area contributed by atoms with E-state index in [0.717, 1.165) is 0 Å². The Labute approximate surface area is 108 Å². The van der Waals surface area contributed by atoms with Gasteiger partial charge in [-0.05, 0) is 18.2 Å². The number of nitrogens with zero attached hydrogens (tertiary/aromatic N) is 3. The minimum Gasteiger partial charge on any atom is -0.507 e. The van der Waals surface area contributed by atoms with Crippen LogP contribution in [0.1, 0.15) is 16.2 Å². The van der Waals surface area contributed by atoms with Gasteiger partial charge >= 0.3 is 0 Å². The van der Waals surface area contributed by atoms with Crippen LogP contribution in [0.25, 0.3) is 0 Å². The molecule has 0 unspecified atom stereocenters. The molecule has 2 rings (SSSR count). The molecule has 0 saturated carbocycles. The topological polar surface area (TPSA) is 80.0 Å². The lowest BCUT2D eigenvalue weighted by Crippen LogP contribution is -2.24. The molecule has 1 aromatic carbocycles. The van der Waals surface area contributed by atoms with E-state index in [1.165, 1.54) is 18.2 Å². The average Bonchev–Trinajstić information content (AvgIpc) is 2.75. The van der Waals surface area contributed by atoms with Crippen LogP contribution in [0, 0.1) is 0 Å². The van der Waals surface area contributed by atoms with Crippen LogP contribution >= 0.6 is 11.6 Å². The van der Waals surface area contributed by atoms with Crippen molar-refractivity contribution in [3.05, 3.63) is 40.9 Å². The van der Waals surface area contributed by atoms with Gasteiger partial charge in [0.1, 0.15) is 12.1 Å². The Morgan fingerprint density at radius 1 is 1.56 bits per heavy atom. The average molecular weight is 267 g/mol. The molecule has 0 radical (unpaired) electrons. The molecule has 0 aliphatic carbocycles. The molecule has 0 aliphatic rings. The Hall–Kier alpha value is -2.08. The molecule has 6 nitrogen and oxygen atoms in total. The lowest BCUT2D eigenvalue weighted by Gasteiger charge is -2.06. The van der Waals surface area contributed by atoms with Crippen LogP contribution in [-0.2, 0) is 13.6 Å². The monoisotopic (exact) mass is 266 g/mol. The van der Waals surface area contributed by atoms with E-state index in [0.29, 0.717) is 10.8 Å². The summed E-state index contributed by atoms with van der Waals surface area (Å²) in [5, 5.41) is 20.1. The summed E-state index contributed by atoms with van der Waals surface area (Å²) in [6.07, 6.45) is 1.54. The number of amides is 1. The molecule has 1 aromatic heterocycles. The summed E-state index contributed by atoms with van der Waals surface area (Å²) in [4.78, 5) is 11.8. The quantitative estimate of drug-likeness (QED) is 0.872. The maximum absolute atomic E-state index is 11.8. The van der Waals surface area contributed by atoms with Crippen molar-refractivity contribution >= 4 is 17.5 Å². The number of nitrogens with one attached hydrogen (secondary N) is 1. The number of carbonyl (C=O) groups is 1. The van der Waals surface area contributed by atoms with Crippen LogP contribution in [0.4, 0.5) is 0 Å². The highest BCUT2D eigenvalue weighted by Gasteiger charge is 2.12. The predicted octanol–water partition coefficient (Wildman–Crippen LogP) is 1.10. The van der Waals surface area contributed by atoms with Crippen molar-refractivity contribution in [1.82, 2.24) is 20.1 Å². The fourth-order valence-corrected chi connectivity index (χ4v) is 1.58. The van der Waals surface area contributed by atoms with Crippen molar-refractivity contribution in [2.75, 3.05) is 0 Å². The van der Waals surface area contributed by atoms with E-state index in [-0.39, 0.29) is 17.9 Å². The van der Waals surface area contributed by atoms with Crippen molar-refractivity contribution in [3.8, 4) is 5.75 Å². The largest absolute Gasteiger partial charge is 0.507 e. The summed E-state index contributed by atoms with van der Waals surface area (Å²) >= 11 is 5.77. The first-order valence-electron chi connectivity index (χ1n) is 5.17. The van der Waals surface area contributed by atoms with Crippen LogP contribution in [0.2, 0.25) is 5.02 Å². The van der Waals surface area contributed by atoms with E-state index in [4.69, 9.17) is 11.6 Å². The zero-order valence-corrected chi connectivity index (χ0v) is 10.3. The number of hydrogen-bond donors (Lipinski definition) is 2. The highest BCUT2D eigenvalue weighted by atomic mass is 35.5. The maximum Gasteiger partial charge on any atom is 0.255 e. The summed E-state index contributed by atoms with van der Waals surface area (Å²) in [5.41, 5.74) is 0.129. The standard InChI is InChI=1S/C11H11ClN4O2/c1-16-6-14-15-10(16)5-13-11(18)8-4-7(12)2-3-9(8)17/h2-4,6,17H,5H2,1H3,(H,13,18). The van der Waals surface area contributed by atoms with Gasteiger partial charge in [-0.25, -0.2) is 0 Å². The molecule has 2 aromatic rings. The molecule has 18 heavy (non-hydrogen) atoms. The third-order valence-corrected chi connectivity index (χ3v) is 2.65. The first kappa shape index (κ1) is 12.4. The van der Waals surface area contributed by atoms with Gasteiger partial charge in [-0.3, -0.25) is 4.79 Å². The summed E-state index contributed by atoms with van der Waals surface area (Å²) in [6.45, 7) is 0.223. The Kier molecular flexibility index (Phi) is 3.47. The molecule has 0 aliphatic heterocycles. The molecule has 0 spiro atoms. The van der Waals surface area contributed by atoms with Crippen molar-refractivity contribution in [2.45, 2.75) is 6.54 Å². The van der Waals surface area contributed by atoms with E-state index < -0.39 is 5.91 Å². The first-order valence-corrected chi connectivity index (χ1v) is 5.55. The summed E-state index contributed by atoms with van der Waals surface area (Å²) < 4.78 is 1.69. The molecule has 7 heteroatoms. The van der Waals surface area contributed by atoms with Crippen molar-refractivity contribution in [1.29, 1.82) is 0 Å². The second-order valence-corrected chi connectivity index (χ2v) is 4.14. The Bertz CT molecular complexity index is 582. The predicted molar refractivity (Wildman–Crippen MR) is 65.3 cm³/mol. The lowest BCUT2D eigenvalue weighted by atomic mass is 10.2. The number of benzene rings is 1. The number of aromatic hydroxyl groups is 1. The lowest BCUT2D eigenvalue weighted by molar-refractivity contribution is 0.0947. The van der Waals surface area contributed by atoms with E-state index in [2.05, 4.69) is 15.5 Å². The van der Waals surface area contributed by atoms with Crippen molar-refractivity contribution in [3.63, 3.8) is 0 Å². The first-order chi connectivity index (χ1) is 8.58. The van der Waals surface area contributed by atoms with Gasteiger partial charge in [0.05, 0.1) is 12.1 Å². The van der Waals surface area contributed by atoms with Crippen LogP contribution < -0.4 is 5.32 Å². The number of phenolic OH excluding ortho intramolecular Hbond substituents is 1. The summed E-state index contributed by atoms with van der Waals surface area (Å²) in [6, 6.07) is 4.29. The SMILES string of the molecule is Cn1cnnc1CNC(=O)c1cc(Cl)ccc1O. The fraction of sp³-hybridized carbons (Fsp3) is 0.182. The minimum absolute atomic E-state index is 0.116. The third kappa shape index (κ3) is 2.60. The molecule has 2 N–H and O–H groups in total. The van der Waals surface area contributed by atoms with Gasteiger partial charge < -0.3 is 15.0 Å². The van der Waals surface area contributed by atoms with Crippen molar-refractivity contribution < 1.29 is 9.90 Å². The number of halogens is 1. The third-order valence-electron chi connectivity index (χ3n) is 2.42. The molecule has 0 atom stereocenters. The fourth-order valence-electron chi connectivity index (χ4n) is 1.41. The van der Waals surface area contributed by atoms with Gasteiger partial charge in [-0.15, -0.1) is 10.2 Å². The van der Waals surface area contributed by atoms with Crippen LogP contribution in [0.3, 0.4) is 0 Å². The maximum atomic E-state index is 11.8. The Balaban J connectivity index is 2.08. The highest BCUT2D eigenvalue weighted by Crippen LogP contribution is 2.21. The number of aromatic nitrogens is 3.